The van der Waals surface area contributed by atoms with Gasteiger partial charge in [0.05, 0.1) is 11.3 Å². The van der Waals surface area contributed by atoms with Crippen LogP contribution >= 0.6 is 0 Å². The minimum atomic E-state index is -4.31. The van der Waals surface area contributed by atoms with Crippen LogP contribution in [0.5, 0.6) is 0 Å². The highest BCUT2D eigenvalue weighted by Gasteiger charge is 2.69. The Hall–Kier alpha value is -3.00. The predicted octanol–water partition coefficient (Wildman–Crippen LogP) is 5.08. The summed E-state index contributed by atoms with van der Waals surface area (Å²) < 4.78 is 40.5. The molecule has 3 heterocycles. The number of aromatic nitrogens is 3. The van der Waals surface area contributed by atoms with Gasteiger partial charge < -0.3 is 4.90 Å². The van der Waals surface area contributed by atoms with Crippen molar-refractivity contribution in [1.82, 2.24) is 19.4 Å². The second-order valence-electron chi connectivity index (χ2n) is 10.3. The second kappa shape index (κ2) is 8.59. The molecule has 0 bridgehead atoms. The molecule has 2 aliphatic rings. The molecule has 0 radical (unpaired) electrons. The van der Waals surface area contributed by atoms with Crippen LogP contribution in [0.3, 0.4) is 0 Å². The molecule has 1 saturated carbocycles. The largest absolute Gasteiger partial charge is 0.416 e. The van der Waals surface area contributed by atoms with E-state index in [4.69, 9.17) is 0 Å². The van der Waals surface area contributed by atoms with Gasteiger partial charge in [0.15, 0.2) is 0 Å². The van der Waals surface area contributed by atoms with E-state index in [0.717, 1.165) is 55.6 Å². The number of pyridine rings is 1. The molecular formula is C27H29F3N4O. The SMILES string of the molecule is Cc1cn(CCCCN2C[C@]3(C)C[C@]3(c3ccc(C(F)(F)F)cc3)C2)c(=O)nc1-c1cccnc1. The van der Waals surface area contributed by atoms with Crippen LogP contribution in [0.15, 0.2) is 59.8 Å². The molecule has 1 aliphatic heterocycles. The molecule has 0 N–H and O–H groups in total. The summed E-state index contributed by atoms with van der Waals surface area (Å²) >= 11 is 0. The fourth-order valence-corrected chi connectivity index (χ4v) is 5.86. The summed E-state index contributed by atoms with van der Waals surface area (Å²) in [6.45, 7) is 7.53. The van der Waals surface area contributed by atoms with Gasteiger partial charge in [0.2, 0.25) is 0 Å². The zero-order valence-electron chi connectivity index (χ0n) is 20.0. The molecule has 0 amide bonds. The maximum Gasteiger partial charge on any atom is 0.416 e. The Morgan fingerprint density at radius 1 is 1.06 bits per heavy atom. The molecule has 0 spiro atoms. The van der Waals surface area contributed by atoms with Gasteiger partial charge in [0, 0.05) is 49.2 Å². The number of hydrogen-bond donors (Lipinski definition) is 0. The topological polar surface area (TPSA) is 51.0 Å². The summed E-state index contributed by atoms with van der Waals surface area (Å²) in [6, 6.07) is 9.46. The standard InChI is InChI=1S/C27H29F3N4O/c1-19-15-34(24(35)32-23(19)20-6-5-11-31-14-20)13-4-3-12-33-17-25(2)16-26(25,18-33)21-7-9-22(10-8-21)27(28,29)30/h5-11,14-15H,3-4,12-13,16-18H2,1-2H3/t25-,26+/m0/s1. The van der Waals surface area contributed by atoms with E-state index < -0.39 is 11.7 Å². The lowest BCUT2D eigenvalue weighted by Gasteiger charge is -2.21. The van der Waals surface area contributed by atoms with Crippen molar-refractivity contribution in [2.75, 3.05) is 19.6 Å². The van der Waals surface area contributed by atoms with Gasteiger partial charge in [-0.2, -0.15) is 18.2 Å². The molecule has 1 aromatic carbocycles. The number of rotatable bonds is 7. The van der Waals surface area contributed by atoms with Crippen LogP contribution in [0.25, 0.3) is 11.3 Å². The highest BCUT2D eigenvalue weighted by Crippen LogP contribution is 2.68. The van der Waals surface area contributed by atoms with E-state index >= 15 is 0 Å². The summed E-state index contributed by atoms with van der Waals surface area (Å²) in [6.07, 6.45) is 3.77. The van der Waals surface area contributed by atoms with Crippen molar-refractivity contribution in [2.24, 2.45) is 5.41 Å². The summed E-state index contributed by atoms with van der Waals surface area (Å²) in [4.78, 5) is 23.3. The minimum Gasteiger partial charge on any atom is -0.302 e. The number of aryl methyl sites for hydroxylation is 2. The van der Waals surface area contributed by atoms with Gasteiger partial charge >= 0.3 is 11.9 Å². The van der Waals surface area contributed by atoms with Gasteiger partial charge in [0.1, 0.15) is 0 Å². The molecule has 5 rings (SSSR count). The number of hydrogen-bond acceptors (Lipinski definition) is 4. The summed E-state index contributed by atoms with van der Waals surface area (Å²) in [7, 11) is 0. The molecule has 2 fully saturated rings. The molecule has 0 unspecified atom stereocenters. The third-order valence-electron chi connectivity index (χ3n) is 7.79. The van der Waals surface area contributed by atoms with E-state index in [1.54, 1.807) is 29.1 Å². The Morgan fingerprint density at radius 3 is 2.49 bits per heavy atom. The van der Waals surface area contributed by atoms with Crippen LogP contribution in [-0.2, 0) is 18.1 Å². The van der Waals surface area contributed by atoms with E-state index in [1.807, 2.05) is 25.3 Å². The van der Waals surface area contributed by atoms with E-state index in [1.165, 1.54) is 12.1 Å². The Kier molecular flexibility index (Phi) is 5.82. The van der Waals surface area contributed by atoms with Crippen molar-refractivity contribution in [3.05, 3.63) is 82.2 Å². The first-order valence-electron chi connectivity index (χ1n) is 12.0. The van der Waals surface area contributed by atoms with Crippen LogP contribution in [0.4, 0.5) is 13.2 Å². The smallest absolute Gasteiger partial charge is 0.302 e. The average Bonchev–Trinajstić information content (AvgIpc) is 3.31. The van der Waals surface area contributed by atoms with Crippen molar-refractivity contribution in [3.63, 3.8) is 0 Å². The van der Waals surface area contributed by atoms with Gasteiger partial charge in [-0.25, -0.2) is 4.79 Å². The van der Waals surface area contributed by atoms with Gasteiger partial charge in [-0.15, -0.1) is 0 Å². The minimum absolute atomic E-state index is 0.0444. The Bertz CT molecular complexity index is 1270. The van der Waals surface area contributed by atoms with Crippen LogP contribution in [0.2, 0.25) is 0 Å². The third-order valence-corrected chi connectivity index (χ3v) is 7.79. The van der Waals surface area contributed by atoms with E-state index in [0.29, 0.717) is 12.2 Å². The lowest BCUT2D eigenvalue weighted by molar-refractivity contribution is -0.137. The summed E-state index contributed by atoms with van der Waals surface area (Å²) in [5, 5.41) is 0. The second-order valence-corrected chi connectivity index (χ2v) is 10.3. The van der Waals surface area contributed by atoms with E-state index in [2.05, 4.69) is 21.8 Å². The van der Waals surface area contributed by atoms with E-state index in [-0.39, 0.29) is 16.5 Å². The van der Waals surface area contributed by atoms with Gasteiger partial charge in [-0.3, -0.25) is 9.55 Å². The third kappa shape index (κ3) is 4.40. The van der Waals surface area contributed by atoms with Gasteiger partial charge in [0.25, 0.3) is 0 Å². The van der Waals surface area contributed by atoms with E-state index in [9.17, 15) is 18.0 Å². The summed E-state index contributed by atoms with van der Waals surface area (Å²) in [5.41, 5.74) is 2.66. The fourth-order valence-electron chi connectivity index (χ4n) is 5.86. The molecule has 2 atom stereocenters. The number of unbranched alkanes of at least 4 members (excludes halogenated alkanes) is 1. The number of fused-ring (bicyclic) bond motifs is 1. The van der Waals surface area contributed by atoms with Crippen molar-refractivity contribution in [1.29, 1.82) is 0 Å². The lowest BCUT2D eigenvalue weighted by Crippen LogP contribution is -2.28. The number of piperidine rings is 1. The lowest BCUT2D eigenvalue weighted by atomic mass is 9.89. The molecule has 8 heteroatoms. The molecule has 184 valence electrons. The van der Waals surface area contributed by atoms with Crippen molar-refractivity contribution >= 4 is 0 Å². The number of nitrogens with zero attached hydrogens (tertiary/aromatic N) is 4. The Labute approximate surface area is 202 Å². The average molecular weight is 483 g/mol. The zero-order chi connectivity index (χ0) is 24.8. The maximum atomic E-state index is 12.9. The van der Waals surface area contributed by atoms with Crippen LogP contribution in [-0.4, -0.2) is 39.1 Å². The van der Waals surface area contributed by atoms with Crippen LogP contribution in [0, 0.1) is 12.3 Å². The molecule has 3 aromatic rings. The van der Waals surface area contributed by atoms with Gasteiger partial charge in [-0.1, -0.05) is 19.1 Å². The molecule has 5 nitrogen and oxygen atoms in total. The van der Waals surface area contributed by atoms with Gasteiger partial charge in [-0.05, 0) is 73.5 Å². The molecule has 1 saturated heterocycles. The first-order valence-corrected chi connectivity index (χ1v) is 12.0. The van der Waals surface area contributed by atoms with Crippen molar-refractivity contribution < 1.29 is 13.2 Å². The highest BCUT2D eigenvalue weighted by atomic mass is 19.4. The predicted molar refractivity (Wildman–Crippen MR) is 128 cm³/mol. The van der Waals surface area contributed by atoms with Crippen LogP contribution < -0.4 is 5.69 Å². The summed E-state index contributed by atoms with van der Waals surface area (Å²) in [5.74, 6) is 0. The number of halogens is 3. The molecule has 35 heavy (non-hydrogen) atoms. The molecule has 2 aromatic heterocycles. The monoisotopic (exact) mass is 482 g/mol. The quantitative estimate of drug-likeness (QED) is 0.441. The maximum absolute atomic E-state index is 12.9. The zero-order valence-corrected chi connectivity index (χ0v) is 20.0. The number of likely N-dealkylation sites (tertiary alicyclic amines) is 1. The number of alkyl halides is 3. The normalized spacial score (nSPS) is 23.9. The fraction of sp³-hybridized carbons (Fsp3) is 0.444. The van der Waals surface area contributed by atoms with Crippen LogP contribution in [0.1, 0.15) is 42.9 Å². The van der Waals surface area contributed by atoms with Crippen molar-refractivity contribution in [2.45, 2.75) is 51.2 Å². The van der Waals surface area contributed by atoms with Crippen molar-refractivity contribution in [3.8, 4) is 11.3 Å². The Balaban J connectivity index is 1.17. The Morgan fingerprint density at radius 2 is 1.80 bits per heavy atom. The number of benzene rings is 1. The highest BCUT2D eigenvalue weighted by molar-refractivity contribution is 5.60. The first-order chi connectivity index (χ1) is 16.6. The molecule has 1 aliphatic carbocycles. The molecular weight excluding hydrogens is 453 g/mol. The first kappa shape index (κ1) is 23.7.